The van der Waals surface area contributed by atoms with Crippen LogP contribution in [-0.4, -0.2) is 176 Å². The number of allylic oxidation sites excluding steroid dienone is 2. The van der Waals surface area contributed by atoms with Crippen molar-refractivity contribution in [1.82, 2.24) is 41.3 Å². The van der Waals surface area contributed by atoms with Crippen LogP contribution in [0.15, 0.2) is 66.7 Å². The van der Waals surface area contributed by atoms with Crippen molar-refractivity contribution in [3.8, 4) is 0 Å². The number of benzene rings is 2. The number of rotatable bonds is 34. The first kappa shape index (κ1) is 76.4. The summed E-state index contributed by atoms with van der Waals surface area (Å²) in [6.07, 6.45) is 6.87. The highest BCUT2D eigenvalue weighted by atomic mass is 16.6. The van der Waals surface area contributed by atoms with Crippen LogP contribution < -0.4 is 37.6 Å². The normalized spacial score (nSPS) is 20.8. The number of likely N-dealkylation sites (N-methyl/N-ethyl adjacent to an activating group) is 2. The molecule has 0 aromatic heterocycles. The van der Waals surface area contributed by atoms with Crippen LogP contribution in [0.2, 0.25) is 0 Å². The van der Waals surface area contributed by atoms with E-state index in [-0.39, 0.29) is 62.7 Å². The Morgan fingerprint density at radius 3 is 1.91 bits per heavy atom. The molecule has 0 radical (unpaired) electrons. The molecule has 2 aliphatic carbocycles. The van der Waals surface area contributed by atoms with E-state index in [1.165, 1.54) is 26.2 Å². The number of carbonyl (C=O) groups is 9. The SMILES string of the molecule is CC[C@H](C)[C@@H]([C@@H](CC(=O)N1CCC[C@H]1[C@H](OC)[C@@H](C)C(=O)N[C@H](C)[C@@H](O)c1ccccc1)OC)N(C)C(=O)[C@@H](NC(=O)[C@H](C(C)C)N(C)C(=O)OCc1ccc(NC(=O)[C@H](CCCNC(N)=O)NC(=O)[C@@H](NC(=O)OCC2C3CC/C=C\CCC32)C(C)C)cc1)C(C)C. The molecule has 0 bridgehead atoms. The Balaban J connectivity index is 1.18. The molecular weight excluding hydrogens is 1190 g/mol. The predicted octanol–water partition coefficient (Wildman–Crippen LogP) is 7.19. The number of fused-ring (bicyclic) bond motifs is 1. The van der Waals surface area contributed by atoms with Gasteiger partial charge in [0, 0.05) is 47.1 Å². The van der Waals surface area contributed by atoms with Crippen LogP contribution in [0, 0.1) is 47.3 Å². The smallest absolute Gasteiger partial charge is 0.410 e. The van der Waals surface area contributed by atoms with Crippen molar-refractivity contribution >= 4 is 59.3 Å². The van der Waals surface area contributed by atoms with Gasteiger partial charge in [0.05, 0.1) is 55.4 Å². The van der Waals surface area contributed by atoms with Crippen LogP contribution in [0.4, 0.5) is 20.1 Å². The molecule has 0 spiro atoms. The zero-order valence-corrected chi connectivity index (χ0v) is 57.3. The predicted molar refractivity (Wildman–Crippen MR) is 353 cm³/mol. The van der Waals surface area contributed by atoms with Gasteiger partial charge in [-0.3, -0.25) is 33.7 Å². The van der Waals surface area contributed by atoms with E-state index in [4.69, 9.17) is 24.7 Å². The Morgan fingerprint density at radius 2 is 1.34 bits per heavy atom. The summed E-state index contributed by atoms with van der Waals surface area (Å²) in [6, 6.07) is 8.93. The molecule has 24 heteroatoms. The number of likely N-dealkylation sites (tertiary alicyclic amines) is 1. The monoisotopic (exact) mass is 1300 g/mol. The van der Waals surface area contributed by atoms with Crippen LogP contribution in [0.5, 0.6) is 0 Å². The van der Waals surface area contributed by atoms with Crippen molar-refractivity contribution in [2.75, 3.05) is 53.3 Å². The highest BCUT2D eigenvalue weighted by molar-refractivity contribution is 5.98. The Bertz CT molecular complexity index is 2790. The van der Waals surface area contributed by atoms with E-state index in [2.05, 4.69) is 44.1 Å². The van der Waals surface area contributed by atoms with E-state index in [0.29, 0.717) is 60.4 Å². The third-order valence-electron chi connectivity index (χ3n) is 18.9. The minimum absolute atomic E-state index is 0.0839. The number of nitrogens with zero attached hydrogens (tertiary/aromatic N) is 3. The molecule has 2 aromatic carbocycles. The molecule has 1 aliphatic heterocycles. The molecule has 24 nitrogen and oxygen atoms in total. The average molecular weight is 1300 g/mol. The van der Waals surface area contributed by atoms with Crippen LogP contribution in [-0.2, 0) is 54.3 Å². The van der Waals surface area contributed by atoms with Gasteiger partial charge in [-0.05, 0) is 123 Å². The standard InChI is InChI=1S/C69H108N10O14/c1-15-43(8)59(54(90-13)37-55(80)79-36-24-30-53(79)61(91-14)44(9)62(82)72-45(10)60(81)47-25-19-18-20-26-47)77(11)66(86)57(41(4)5)75-65(85)58(42(6)7)78(12)69(89)93-38-46-31-33-48(34-32-46)73-63(83)52(29-23-35-71-67(70)87)74-64(84)56(40(2)3)76-68(88)92-39-51-49-27-21-16-17-22-28-50(49)51/h16-20,25-26,31-34,40-45,49-54,56-61,81H,15,21-24,27-30,35-39H2,1-14H3,(H,72,82)(H,73,83)(H,74,84)(H,75,85)(H,76,88)(H3,70,71,87)/b17-16-/t43-,44+,45+,49?,50?,51?,52-,53-,54+,56-,57-,58-,59-,60+,61+/m0/s1. The maximum absolute atomic E-state index is 14.8. The summed E-state index contributed by atoms with van der Waals surface area (Å²) in [4.78, 5) is 128. The number of amides is 10. The van der Waals surface area contributed by atoms with Crippen LogP contribution in [0.3, 0.4) is 0 Å². The summed E-state index contributed by atoms with van der Waals surface area (Å²) in [6.45, 7) is 18.8. The van der Waals surface area contributed by atoms with E-state index in [0.717, 1.165) is 25.7 Å². The van der Waals surface area contributed by atoms with Crippen molar-refractivity contribution in [3.63, 3.8) is 0 Å². The first-order chi connectivity index (χ1) is 44.1. The number of methoxy groups -OCH3 is 2. The maximum atomic E-state index is 14.8. The third kappa shape index (κ3) is 21.9. The Morgan fingerprint density at radius 1 is 0.710 bits per heavy atom. The molecule has 93 heavy (non-hydrogen) atoms. The molecule has 5 rings (SSSR count). The van der Waals surface area contributed by atoms with Crippen molar-refractivity contribution in [2.24, 2.45) is 53.1 Å². The van der Waals surface area contributed by atoms with Gasteiger partial charge in [-0.25, -0.2) is 14.4 Å². The maximum Gasteiger partial charge on any atom is 0.410 e. The largest absolute Gasteiger partial charge is 0.449 e. The summed E-state index contributed by atoms with van der Waals surface area (Å²) < 4.78 is 23.4. The van der Waals surface area contributed by atoms with Gasteiger partial charge >= 0.3 is 18.2 Å². The van der Waals surface area contributed by atoms with Gasteiger partial charge in [0.25, 0.3) is 0 Å². The lowest BCUT2D eigenvalue weighted by Gasteiger charge is -2.41. The number of urea groups is 1. The summed E-state index contributed by atoms with van der Waals surface area (Å²) in [5.41, 5.74) is 6.84. The van der Waals surface area contributed by atoms with Crippen molar-refractivity contribution < 1.29 is 67.2 Å². The number of primary amides is 1. The second kappa shape index (κ2) is 37.0. The molecule has 1 saturated carbocycles. The lowest BCUT2D eigenvalue weighted by Crippen LogP contribution is -2.60. The zero-order chi connectivity index (χ0) is 68.8. The highest BCUT2D eigenvalue weighted by Crippen LogP contribution is 2.53. The minimum Gasteiger partial charge on any atom is -0.449 e. The molecule has 2 fully saturated rings. The molecule has 1 heterocycles. The van der Waals surface area contributed by atoms with E-state index >= 15 is 0 Å². The number of aliphatic hydroxyl groups excluding tert-OH is 1. The molecule has 2 unspecified atom stereocenters. The van der Waals surface area contributed by atoms with Gasteiger partial charge < -0.3 is 71.5 Å². The third-order valence-corrected chi connectivity index (χ3v) is 18.9. The van der Waals surface area contributed by atoms with Crippen molar-refractivity contribution in [3.05, 3.63) is 77.9 Å². The van der Waals surface area contributed by atoms with Crippen molar-refractivity contribution in [1.29, 1.82) is 0 Å². The summed E-state index contributed by atoms with van der Waals surface area (Å²) in [7, 11) is 6.12. The summed E-state index contributed by atoms with van der Waals surface area (Å²) in [5.74, 6) is -3.42. The lowest BCUT2D eigenvalue weighted by molar-refractivity contribution is -0.148. The molecule has 14 atom stereocenters. The molecule has 2 aromatic rings. The van der Waals surface area contributed by atoms with Crippen molar-refractivity contribution in [2.45, 2.75) is 201 Å². The number of carbonyl (C=O) groups excluding carboxylic acids is 9. The molecule has 518 valence electrons. The van der Waals surface area contributed by atoms with Gasteiger partial charge in [0.1, 0.15) is 30.8 Å². The molecule has 3 aliphatic rings. The fraction of sp³-hybridized carbons (Fsp3) is 0.667. The number of anilines is 1. The average Bonchev–Trinajstić information content (AvgIpc) is 1.66. The highest BCUT2D eigenvalue weighted by Gasteiger charge is 2.50. The Hall–Kier alpha value is -7.31. The Kier molecular flexibility index (Phi) is 30.4. The molecule has 10 amide bonds. The fourth-order valence-electron chi connectivity index (χ4n) is 13.2. The second-order valence-corrected chi connectivity index (χ2v) is 26.6. The zero-order valence-electron chi connectivity index (χ0n) is 57.3. The van der Waals surface area contributed by atoms with E-state index in [9.17, 15) is 48.3 Å². The van der Waals surface area contributed by atoms with E-state index in [1.54, 1.807) is 94.8 Å². The van der Waals surface area contributed by atoms with Crippen LogP contribution in [0.25, 0.3) is 0 Å². The number of alkyl carbamates (subject to hydrolysis) is 1. The topological polar surface area (TPSA) is 319 Å². The minimum atomic E-state index is -1.09. The molecule has 9 N–H and O–H groups in total. The summed E-state index contributed by atoms with van der Waals surface area (Å²) >= 11 is 0. The summed E-state index contributed by atoms with van der Waals surface area (Å²) in [5, 5.41) is 27.6. The van der Waals surface area contributed by atoms with Gasteiger partial charge in [-0.2, -0.15) is 0 Å². The quantitative estimate of drug-likeness (QED) is 0.0254. The number of nitrogens with two attached hydrogens (primary N) is 1. The number of nitrogens with one attached hydrogen (secondary N) is 6. The van der Waals surface area contributed by atoms with Crippen LogP contribution in [0.1, 0.15) is 151 Å². The van der Waals surface area contributed by atoms with Gasteiger partial charge in [0.2, 0.25) is 35.4 Å². The number of hydrogen-bond donors (Lipinski definition) is 8. The number of ether oxygens (including phenoxy) is 4. The molecular formula is C69H108N10O14. The first-order valence-corrected chi connectivity index (χ1v) is 33.3. The second-order valence-electron chi connectivity index (χ2n) is 26.6. The number of hydrogen-bond acceptors (Lipinski definition) is 14. The van der Waals surface area contributed by atoms with Gasteiger partial charge in [0.15, 0.2) is 0 Å². The van der Waals surface area contributed by atoms with E-state index in [1.807, 2.05) is 45.9 Å². The Labute approximate surface area is 550 Å². The van der Waals surface area contributed by atoms with Gasteiger partial charge in [-0.1, -0.05) is 123 Å². The fourth-order valence-corrected chi connectivity index (χ4v) is 13.2. The van der Waals surface area contributed by atoms with Gasteiger partial charge in [-0.15, -0.1) is 0 Å². The molecule has 1 saturated heterocycles. The number of aliphatic hydroxyl groups is 1. The lowest BCUT2D eigenvalue weighted by atomic mass is 9.89. The first-order valence-electron chi connectivity index (χ1n) is 33.3. The van der Waals surface area contributed by atoms with E-state index < -0.39 is 120 Å². The van der Waals surface area contributed by atoms with Crippen LogP contribution >= 0.6 is 0 Å².